The van der Waals surface area contributed by atoms with E-state index < -0.39 is 5.63 Å². The molecule has 3 rings (SSSR count). The first-order valence-electron chi connectivity index (χ1n) is 8.05. The Bertz CT molecular complexity index is 818. The molecule has 0 radical (unpaired) electrons. The number of nitrogens with one attached hydrogen (secondary N) is 1. The van der Waals surface area contributed by atoms with Gasteiger partial charge >= 0.3 is 11.7 Å². The van der Waals surface area contributed by atoms with Crippen LogP contribution in [0.4, 0.5) is 9.80 Å². The average Bonchev–Trinajstić information content (AvgIpc) is 2.98. The second-order valence-electron chi connectivity index (χ2n) is 6.39. The van der Waals surface area contributed by atoms with E-state index in [1.165, 1.54) is 22.3 Å². The summed E-state index contributed by atoms with van der Waals surface area (Å²) in [6.45, 7) is 2.24. The Hall–Kier alpha value is -2.15. The van der Waals surface area contributed by atoms with Crippen molar-refractivity contribution >= 4 is 38.9 Å². The van der Waals surface area contributed by atoms with E-state index in [0.717, 1.165) is 31.6 Å². The van der Waals surface area contributed by atoms with Gasteiger partial charge in [-0.1, -0.05) is 6.92 Å². The Kier molecular flexibility index (Phi) is 4.71. The topological polar surface area (TPSA) is 79.6 Å². The van der Waals surface area contributed by atoms with Crippen molar-refractivity contribution in [3.63, 3.8) is 0 Å². The summed E-state index contributed by atoms with van der Waals surface area (Å²) in [5.74, 6) is 0.730. The molecule has 128 valence electrons. The van der Waals surface area contributed by atoms with E-state index in [2.05, 4.69) is 12.2 Å². The number of carbonyl (C=O) groups is 2. The van der Waals surface area contributed by atoms with E-state index in [4.69, 9.17) is 4.42 Å². The first kappa shape index (κ1) is 16.7. The molecule has 24 heavy (non-hydrogen) atoms. The lowest BCUT2D eigenvalue weighted by molar-refractivity contribution is 0.112. The predicted octanol–water partition coefficient (Wildman–Crippen LogP) is 3.39. The van der Waals surface area contributed by atoms with Crippen molar-refractivity contribution in [2.75, 3.05) is 11.9 Å². The van der Waals surface area contributed by atoms with Crippen LogP contribution < -0.4 is 15.8 Å². The van der Waals surface area contributed by atoms with Gasteiger partial charge in [0.05, 0.1) is 4.70 Å². The quantitative estimate of drug-likeness (QED) is 0.862. The number of urea groups is 1. The number of fused-ring (bicyclic) bond motifs is 1. The van der Waals surface area contributed by atoms with E-state index in [0.29, 0.717) is 21.6 Å². The van der Waals surface area contributed by atoms with Gasteiger partial charge in [0.15, 0.2) is 11.9 Å². The summed E-state index contributed by atoms with van der Waals surface area (Å²) in [6.07, 6.45) is 4.76. The zero-order valence-electron chi connectivity index (χ0n) is 13.7. The molecule has 1 aliphatic carbocycles. The highest BCUT2D eigenvalue weighted by Crippen LogP contribution is 2.32. The van der Waals surface area contributed by atoms with Crippen molar-refractivity contribution in [3.8, 4) is 0 Å². The predicted molar refractivity (Wildman–Crippen MR) is 94.1 cm³/mol. The van der Waals surface area contributed by atoms with Gasteiger partial charge in [0.1, 0.15) is 10.6 Å². The molecule has 6 nitrogen and oxygen atoms in total. The molecule has 0 spiro atoms. The van der Waals surface area contributed by atoms with Gasteiger partial charge in [-0.3, -0.25) is 9.69 Å². The third-order valence-corrected chi connectivity index (χ3v) is 5.68. The molecule has 0 unspecified atom stereocenters. The average molecular weight is 348 g/mol. The zero-order valence-corrected chi connectivity index (χ0v) is 14.5. The number of thiophene rings is 1. The maximum atomic E-state index is 12.4. The Morgan fingerprint density at radius 2 is 2.04 bits per heavy atom. The van der Waals surface area contributed by atoms with Crippen LogP contribution in [-0.2, 0) is 0 Å². The lowest BCUT2D eigenvalue weighted by Crippen LogP contribution is -2.44. The second kappa shape index (κ2) is 6.76. The van der Waals surface area contributed by atoms with Crippen LogP contribution in [0.2, 0.25) is 0 Å². The van der Waals surface area contributed by atoms with Crippen LogP contribution in [0.15, 0.2) is 21.3 Å². The Morgan fingerprint density at radius 3 is 2.71 bits per heavy atom. The molecule has 0 aromatic carbocycles. The molecule has 1 N–H and O–H groups in total. The number of amides is 2. The number of nitrogens with zero attached hydrogens (tertiary/aromatic N) is 1. The summed E-state index contributed by atoms with van der Waals surface area (Å²) in [5, 5.41) is 3.73. The fourth-order valence-corrected chi connectivity index (χ4v) is 3.94. The van der Waals surface area contributed by atoms with E-state index in [9.17, 15) is 14.4 Å². The minimum absolute atomic E-state index is 0.0145. The van der Waals surface area contributed by atoms with E-state index in [-0.39, 0.29) is 17.6 Å². The normalized spacial score (nSPS) is 20.8. The number of aldehydes is 1. The van der Waals surface area contributed by atoms with Crippen molar-refractivity contribution in [2.24, 2.45) is 5.92 Å². The van der Waals surface area contributed by atoms with Gasteiger partial charge < -0.3 is 9.73 Å². The van der Waals surface area contributed by atoms with Crippen LogP contribution in [-0.4, -0.2) is 25.4 Å². The minimum atomic E-state index is -0.662. The molecule has 2 amide bonds. The number of anilines is 1. The largest absolute Gasteiger partial charge is 0.421 e. The van der Waals surface area contributed by atoms with Crippen molar-refractivity contribution in [3.05, 3.63) is 28.1 Å². The van der Waals surface area contributed by atoms with E-state index in [1.54, 1.807) is 13.1 Å². The van der Waals surface area contributed by atoms with Crippen LogP contribution in [0, 0.1) is 5.92 Å². The molecule has 7 heteroatoms. The molecule has 2 aromatic rings. The first-order chi connectivity index (χ1) is 11.5. The number of rotatable bonds is 3. The lowest BCUT2D eigenvalue weighted by Gasteiger charge is -2.28. The molecule has 0 bridgehead atoms. The van der Waals surface area contributed by atoms with Crippen molar-refractivity contribution in [1.29, 1.82) is 0 Å². The van der Waals surface area contributed by atoms with Gasteiger partial charge in [0.25, 0.3) is 0 Å². The zero-order chi connectivity index (χ0) is 17.3. The molecule has 2 heterocycles. The van der Waals surface area contributed by atoms with E-state index >= 15 is 0 Å². The monoisotopic (exact) mass is 348 g/mol. The van der Waals surface area contributed by atoms with Crippen molar-refractivity contribution in [1.82, 2.24) is 5.32 Å². The molecule has 0 atom stereocenters. The molecule has 0 saturated heterocycles. The highest BCUT2D eigenvalue weighted by Gasteiger charge is 2.22. The Labute approximate surface area is 143 Å². The maximum absolute atomic E-state index is 12.4. The van der Waals surface area contributed by atoms with Gasteiger partial charge in [0, 0.05) is 19.2 Å². The highest BCUT2D eigenvalue weighted by molar-refractivity contribution is 7.22. The van der Waals surface area contributed by atoms with Crippen molar-refractivity contribution in [2.45, 2.75) is 38.6 Å². The third kappa shape index (κ3) is 3.36. The minimum Gasteiger partial charge on any atom is -0.421 e. The fraction of sp³-hybridized carbons (Fsp3) is 0.471. The van der Waals surface area contributed by atoms with Crippen LogP contribution in [0.5, 0.6) is 0 Å². The molecule has 1 fully saturated rings. The SMILES string of the molecule is CC1CCC(NC(=O)N(C)c2cc3oc(=O)c(C=O)cc3s2)CC1. The summed E-state index contributed by atoms with van der Waals surface area (Å²) in [4.78, 5) is 36.4. The van der Waals surface area contributed by atoms with Gasteiger partial charge in [-0.25, -0.2) is 9.59 Å². The molecule has 1 aliphatic rings. The third-order valence-electron chi connectivity index (χ3n) is 4.54. The van der Waals surface area contributed by atoms with E-state index in [1.807, 2.05) is 0 Å². The summed E-state index contributed by atoms with van der Waals surface area (Å²) >= 11 is 1.31. The Morgan fingerprint density at radius 1 is 1.33 bits per heavy atom. The summed E-state index contributed by atoms with van der Waals surface area (Å²) in [5.41, 5.74) is -0.290. The summed E-state index contributed by atoms with van der Waals surface area (Å²) in [7, 11) is 1.68. The molecular formula is C17H20N2O4S. The summed E-state index contributed by atoms with van der Waals surface area (Å²) < 4.78 is 5.79. The van der Waals surface area contributed by atoms with Crippen LogP contribution >= 0.6 is 11.3 Å². The molecule has 0 aliphatic heterocycles. The highest BCUT2D eigenvalue weighted by atomic mass is 32.1. The van der Waals surface area contributed by atoms with Gasteiger partial charge in [0.2, 0.25) is 0 Å². The smallest absolute Gasteiger partial charge is 0.346 e. The summed E-state index contributed by atoms with van der Waals surface area (Å²) in [6, 6.07) is 3.19. The van der Waals surface area contributed by atoms with Gasteiger partial charge in [-0.15, -0.1) is 11.3 Å². The Balaban J connectivity index is 1.75. The molecular weight excluding hydrogens is 328 g/mol. The molecule has 1 saturated carbocycles. The van der Waals surface area contributed by atoms with Gasteiger partial charge in [-0.05, 0) is 37.7 Å². The molecule has 2 aromatic heterocycles. The van der Waals surface area contributed by atoms with Crippen LogP contribution in [0.1, 0.15) is 43.0 Å². The first-order valence-corrected chi connectivity index (χ1v) is 8.86. The van der Waals surface area contributed by atoms with Gasteiger partial charge in [-0.2, -0.15) is 0 Å². The van der Waals surface area contributed by atoms with Crippen LogP contribution in [0.25, 0.3) is 10.3 Å². The number of carbonyl (C=O) groups excluding carboxylic acids is 2. The fourth-order valence-electron chi connectivity index (χ4n) is 2.94. The number of hydrogen-bond donors (Lipinski definition) is 1. The van der Waals surface area contributed by atoms with Crippen molar-refractivity contribution < 1.29 is 14.0 Å². The van der Waals surface area contributed by atoms with Crippen LogP contribution in [0.3, 0.4) is 0 Å². The second-order valence-corrected chi connectivity index (χ2v) is 7.45. The lowest BCUT2D eigenvalue weighted by atomic mass is 9.87. The number of hydrogen-bond acceptors (Lipinski definition) is 5. The maximum Gasteiger partial charge on any atom is 0.346 e. The standard InChI is InChI=1S/C17H20N2O4S/c1-10-3-5-12(6-4-10)18-17(22)19(2)15-8-13-14(24-15)7-11(9-20)16(21)23-13/h7-10,12H,3-6H2,1-2H3,(H,18,22).